The number of hydrogen-bond donors (Lipinski definition) is 2. The third-order valence-corrected chi connectivity index (χ3v) is 5.27. The first kappa shape index (κ1) is 17.5. The van der Waals surface area contributed by atoms with Gasteiger partial charge in [0.2, 0.25) is 0 Å². The minimum atomic E-state index is -0.133. The second-order valence-corrected chi connectivity index (χ2v) is 7.03. The molecule has 0 aliphatic rings. The van der Waals surface area contributed by atoms with E-state index < -0.39 is 0 Å². The van der Waals surface area contributed by atoms with E-state index in [4.69, 9.17) is 12.2 Å². The van der Waals surface area contributed by atoms with E-state index in [1.807, 2.05) is 36.6 Å². The molecule has 3 aromatic rings. The molecule has 0 unspecified atom stereocenters. The quantitative estimate of drug-likeness (QED) is 0.651. The summed E-state index contributed by atoms with van der Waals surface area (Å²) in [5, 5.41) is 10.7. The Hall–Kier alpha value is -2.32. The predicted molar refractivity (Wildman–Crippen MR) is 100 cm³/mol. The number of hydrogen-bond acceptors (Lipinski definition) is 5. The number of aromatic amines is 1. The van der Waals surface area contributed by atoms with Gasteiger partial charge in [-0.1, -0.05) is 30.3 Å². The molecule has 3 rings (SSSR count). The van der Waals surface area contributed by atoms with Gasteiger partial charge >= 0.3 is 0 Å². The molecule has 2 aromatic heterocycles. The third-order valence-electron chi connectivity index (χ3n) is 3.81. The molecular weight excluding hydrogens is 354 g/mol. The SMILES string of the molecule is CCn1c(CNC(=O)c2sc(Cc3ccccc3)nc2C)n[nH]c1=S. The number of nitrogens with one attached hydrogen (secondary N) is 2. The summed E-state index contributed by atoms with van der Waals surface area (Å²) in [6, 6.07) is 10.1. The molecule has 25 heavy (non-hydrogen) atoms. The Morgan fingerprint density at radius 3 is 2.84 bits per heavy atom. The molecule has 0 saturated carbocycles. The molecule has 0 fully saturated rings. The monoisotopic (exact) mass is 373 g/mol. The molecule has 0 aliphatic heterocycles. The predicted octanol–water partition coefficient (Wildman–Crippen LogP) is 3.25. The van der Waals surface area contributed by atoms with E-state index in [0.717, 1.165) is 17.1 Å². The molecule has 0 radical (unpaired) electrons. The number of benzene rings is 1. The van der Waals surface area contributed by atoms with Crippen LogP contribution in [0.15, 0.2) is 30.3 Å². The van der Waals surface area contributed by atoms with Gasteiger partial charge in [-0.2, -0.15) is 5.10 Å². The van der Waals surface area contributed by atoms with E-state index in [2.05, 4.69) is 32.6 Å². The van der Waals surface area contributed by atoms with Crippen LogP contribution in [0.3, 0.4) is 0 Å². The van der Waals surface area contributed by atoms with Crippen molar-refractivity contribution >= 4 is 29.5 Å². The maximum Gasteiger partial charge on any atom is 0.263 e. The van der Waals surface area contributed by atoms with Crippen molar-refractivity contribution < 1.29 is 4.79 Å². The van der Waals surface area contributed by atoms with Crippen molar-refractivity contribution in [1.82, 2.24) is 25.1 Å². The Morgan fingerprint density at radius 2 is 2.12 bits per heavy atom. The second-order valence-electron chi connectivity index (χ2n) is 5.56. The molecule has 2 N–H and O–H groups in total. The molecule has 0 aliphatic carbocycles. The van der Waals surface area contributed by atoms with E-state index in [1.54, 1.807) is 0 Å². The van der Waals surface area contributed by atoms with Crippen molar-refractivity contribution in [2.24, 2.45) is 0 Å². The fourth-order valence-electron chi connectivity index (χ4n) is 2.56. The standard InChI is InChI=1S/C17H19N5OS2/c1-3-22-13(20-21-17(22)24)10-18-16(23)15-11(2)19-14(25-15)9-12-7-5-4-6-8-12/h4-8H,3,9-10H2,1-2H3,(H,18,23)(H,21,24). The molecule has 0 spiro atoms. The largest absolute Gasteiger partial charge is 0.344 e. The molecule has 6 nitrogen and oxygen atoms in total. The Bertz CT molecular complexity index is 926. The molecule has 1 aromatic carbocycles. The Morgan fingerprint density at radius 1 is 1.36 bits per heavy atom. The third kappa shape index (κ3) is 4.02. The van der Waals surface area contributed by atoms with Gasteiger partial charge in [0.05, 0.1) is 17.2 Å². The summed E-state index contributed by atoms with van der Waals surface area (Å²) in [5.41, 5.74) is 1.93. The zero-order chi connectivity index (χ0) is 17.8. The Balaban J connectivity index is 1.69. The summed E-state index contributed by atoms with van der Waals surface area (Å²) in [5.74, 6) is 0.582. The van der Waals surface area contributed by atoms with Crippen LogP contribution in [0.2, 0.25) is 0 Å². The normalized spacial score (nSPS) is 10.8. The average molecular weight is 374 g/mol. The zero-order valence-corrected chi connectivity index (χ0v) is 15.7. The van der Waals surface area contributed by atoms with Crippen LogP contribution in [0.25, 0.3) is 0 Å². The van der Waals surface area contributed by atoms with E-state index in [0.29, 0.717) is 28.6 Å². The topological polar surface area (TPSA) is 75.6 Å². The highest BCUT2D eigenvalue weighted by Gasteiger charge is 2.16. The molecule has 2 heterocycles. The Kier molecular flexibility index (Phi) is 5.40. The minimum Gasteiger partial charge on any atom is -0.344 e. The highest BCUT2D eigenvalue weighted by Crippen LogP contribution is 2.21. The fraction of sp³-hybridized carbons (Fsp3) is 0.294. The van der Waals surface area contributed by atoms with Crippen LogP contribution < -0.4 is 5.32 Å². The molecular formula is C17H19N5OS2. The van der Waals surface area contributed by atoms with Crippen molar-refractivity contribution in [3.63, 3.8) is 0 Å². The van der Waals surface area contributed by atoms with Crippen molar-refractivity contribution in [3.8, 4) is 0 Å². The zero-order valence-electron chi connectivity index (χ0n) is 14.1. The number of H-pyrrole nitrogens is 1. The molecule has 8 heteroatoms. The van der Waals surface area contributed by atoms with Crippen molar-refractivity contribution in [2.45, 2.75) is 33.4 Å². The number of nitrogens with zero attached hydrogens (tertiary/aromatic N) is 3. The number of carbonyl (C=O) groups is 1. The van der Waals surface area contributed by atoms with Gasteiger partial charge in [0.25, 0.3) is 5.91 Å². The van der Waals surface area contributed by atoms with Gasteiger partial charge in [-0.3, -0.25) is 9.89 Å². The smallest absolute Gasteiger partial charge is 0.263 e. The van der Waals surface area contributed by atoms with E-state index in [1.165, 1.54) is 16.9 Å². The van der Waals surface area contributed by atoms with Crippen LogP contribution in [0.1, 0.15) is 38.7 Å². The number of thiazole rings is 1. The highest BCUT2D eigenvalue weighted by molar-refractivity contribution is 7.71. The summed E-state index contributed by atoms with van der Waals surface area (Å²) in [6.45, 7) is 4.88. The molecule has 1 amide bonds. The van der Waals surface area contributed by atoms with Gasteiger partial charge < -0.3 is 9.88 Å². The van der Waals surface area contributed by atoms with Gasteiger partial charge in [-0.05, 0) is 31.6 Å². The van der Waals surface area contributed by atoms with E-state index in [-0.39, 0.29) is 5.91 Å². The van der Waals surface area contributed by atoms with Crippen LogP contribution in [-0.4, -0.2) is 25.7 Å². The Labute approximate surface area is 154 Å². The maximum atomic E-state index is 12.5. The summed E-state index contributed by atoms with van der Waals surface area (Å²) in [7, 11) is 0. The maximum absolute atomic E-state index is 12.5. The van der Waals surface area contributed by atoms with Crippen molar-refractivity contribution in [3.05, 3.63) is 62.1 Å². The minimum absolute atomic E-state index is 0.133. The number of aromatic nitrogens is 4. The number of rotatable bonds is 6. The van der Waals surface area contributed by atoms with Crippen LogP contribution in [-0.2, 0) is 19.5 Å². The van der Waals surface area contributed by atoms with Crippen molar-refractivity contribution in [1.29, 1.82) is 0 Å². The summed E-state index contributed by atoms with van der Waals surface area (Å²) in [4.78, 5) is 17.7. The summed E-state index contributed by atoms with van der Waals surface area (Å²) in [6.07, 6.45) is 0.730. The highest BCUT2D eigenvalue weighted by atomic mass is 32.1. The average Bonchev–Trinajstić information content (AvgIpc) is 3.15. The number of amides is 1. The lowest BCUT2D eigenvalue weighted by Crippen LogP contribution is -2.24. The molecule has 0 atom stereocenters. The lowest BCUT2D eigenvalue weighted by molar-refractivity contribution is 0.0952. The van der Waals surface area contributed by atoms with Gasteiger partial charge in [-0.15, -0.1) is 11.3 Å². The van der Waals surface area contributed by atoms with Gasteiger partial charge in [-0.25, -0.2) is 4.98 Å². The first-order valence-corrected chi connectivity index (χ1v) is 9.23. The van der Waals surface area contributed by atoms with Crippen LogP contribution in [0, 0.1) is 11.7 Å². The number of carbonyl (C=O) groups excluding carboxylic acids is 1. The van der Waals surface area contributed by atoms with Crippen LogP contribution in [0.4, 0.5) is 0 Å². The van der Waals surface area contributed by atoms with Crippen LogP contribution in [0.5, 0.6) is 0 Å². The van der Waals surface area contributed by atoms with E-state index >= 15 is 0 Å². The first-order valence-electron chi connectivity index (χ1n) is 8.01. The summed E-state index contributed by atoms with van der Waals surface area (Å²) < 4.78 is 2.42. The van der Waals surface area contributed by atoms with Crippen molar-refractivity contribution in [2.75, 3.05) is 0 Å². The fourth-order valence-corrected chi connectivity index (χ4v) is 3.86. The molecule has 0 saturated heterocycles. The van der Waals surface area contributed by atoms with E-state index in [9.17, 15) is 4.79 Å². The lowest BCUT2D eigenvalue weighted by Gasteiger charge is -2.05. The van der Waals surface area contributed by atoms with Gasteiger partial charge in [0.1, 0.15) is 4.88 Å². The van der Waals surface area contributed by atoms with Crippen LogP contribution >= 0.6 is 23.6 Å². The lowest BCUT2D eigenvalue weighted by atomic mass is 10.2. The molecule has 130 valence electrons. The number of aryl methyl sites for hydroxylation is 1. The second kappa shape index (κ2) is 7.71. The first-order chi connectivity index (χ1) is 12.1. The van der Waals surface area contributed by atoms with Gasteiger partial charge in [0, 0.05) is 13.0 Å². The summed E-state index contributed by atoms with van der Waals surface area (Å²) >= 11 is 6.59. The molecule has 0 bridgehead atoms. The van der Waals surface area contributed by atoms with Gasteiger partial charge in [0.15, 0.2) is 10.6 Å².